The number of hydrogen-bond donors (Lipinski definition) is 6. The van der Waals surface area contributed by atoms with E-state index in [1.54, 1.807) is 91.8 Å². The Bertz CT molecular complexity index is 3230. The monoisotopic (exact) mass is 981 g/mol. The van der Waals surface area contributed by atoms with Crippen LogP contribution < -0.4 is 41.4 Å². The van der Waals surface area contributed by atoms with Gasteiger partial charge in [-0.25, -0.2) is 4.98 Å². The van der Waals surface area contributed by atoms with Crippen molar-refractivity contribution in [1.29, 1.82) is 0 Å². The molecule has 23 nitrogen and oxygen atoms in total. The zero-order valence-electron chi connectivity index (χ0n) is 39.9. The van der Waals surface area contributed by atoms with Gasteiger partial charge in [0.1, 0.15) is 17.4 Å². The molecule has 2 atom stereocenters. The molecule has 6 heterocycles. The third-order valence-electron chi connectivity index (χ3n) is 11.9. The second-order valence-electron chi connectivity index (χ2n) is 17.2. The highest BCUT2D eigenvalue weighted by Crippen LogP contribution is 2.38. The van der Waals surface area contributed by atoms with Crippen LogP contribution >= 0.6 is 0 Å². The van der Waals surface area contributed by atoms with Crippen molar-refractivity contribution in [2.75, 3.05) is 48.1 Å². The first-order valence-electron chi connectivity index (χ1n) is 22.6. The lowest BCUT2D eigenvalue weighted by molar-refractivity contribution is -0.126. The van der Waals surface area contributed by atoms with Crippen LogP contribution in [0, 0.1) is 0 Å². The highest BCUT2D eigenvalue weighted by atomic mass is 16.5. The number of amides is 7. The van der Waals surface area contributed by atoms with Crippen molar-refractivity contribution in [3.05, 3.63) is 108 Å². The second-order valence-corrected chi connectivity index (χ2v) is 17.2. The van der Waals surface area contributed by atoms with E-state index in [0.717, 1.165) is 5.57 Å². The fourth-order valence-corrected chi connectivity index (χ4v) is 8.31. The second kappa shape index (κ2) is 20.8. The summed E-state index contributed by atoms with van der Waals surface area (Å²) in [4.78, 5) is 112. The molecule has 6 aromatic rings. The molecule has 1 saturated heterocycles. The highest BCUT2D eigenvalue weighted by Gasteiger charge is 2.34. The van der Waals surface area contributed by atoms with Crippen LogP contribution in [0.2, 0.25) is 0 Å². The Morgan fingerprint density at radius 3 is 2.33 bits per heavy atom. The highest BCUT2D eigenvalue weighted by molar-refractivity contribution is 6.08. The molecule has 4 aromatic heterocycles. The van der Waals surface area contributed by atoms with Crippen molar-refractivity contribution in [2.24, 2.45) is 26.1 Å². The SMILES string of the molecule is C=C1C[C@H]2C=Nc3cc(OCCCC(=O)Nc4cn(C)c(C(=O)Nc5cc(C(=O)Nc6cc(C(=O)n7ccc8cc(NC(=O)[C@H](C)NC(=O)CNC=O)ccc87)n(C)c6)n(C)c5)n4)c(OC)cc3C(=O)N2C1. The normalized spacial score (nSPS) is 14.2. The van der Waals surface area contributed by atoms with Gasteiger partial charge in [-0.05, 0) is 62.2 Å². The number of carbonyl (C=O) groups is 8. The number of anilines is 4. The van der Waals surface area contributed by atoms with E-state index in [9.17, 15) is 38.4 Å². The first-order valence-corrected chi connectivity index (χ1v) is 22.6. The molecule has 8 rings (SSSR count). The topological polar surface area (TPSA) is 275 Å². The van der Waals surface area contributed by atoms with E-state index in [1.165, 1.54) is 46.1 Å². The number of hydrogen-bond acceptors (Lipinski definition) is 12. The standard InChI is InChI=1S/C49H51N13O10/c1-27-14-33-20-51-35-19-40(39(71-6)18-34(35)48(69)62(33)22-27)72-13-7-8-42(64)56-41-25-60(5)44(57-41)47(68)55-31-16-37(58(3)23-31)46(67)54-32-17-38(59(4)24-32)49(70)61-12-11-29-15-30(9-10-36(29)61)53-45(66)28(2)52-43(65)21-50-26-63/h9-12,15-20,23-26,28,33H,1,7-8,13-14,21-22H2,2-6H3,(H,50,63)(H,52,65)(H,53,66)(H,54,67)(H,55,68)(H,56,64)/t28-,33-/m0/s1. The van der Waals surface area contributed by atoms with Crippen molar-refractivity contribution in [1.82, 2.24) is 38.8 Å². The number of aryl methyl sites for hydroxylation is 3. The number of methoxy groups -OCH3 is 1. The third-order valence-corrected chi connectivity index (χ3v) is 11.9. The number of ether oxygens (including phenoxy) is 2. The molecule has 0 aliphatic carbocycles. The fraction of sp³-hybridized carbons (Fsp3) is 0.265. The number of aliphatic imine (C=N–C) groups is 1. The van der Waals surface area contributed by atoms with E-state index >= 15 is 0 Å². The molecule has 6 N–H and O–H groups in total. The Balaban J connectivity index is 0.821. The average molecular weight is 982 g/mol. The Kier molecular flexibility index (Phi) is 14.2. The minimum Gasteiger partial charge on any atom is -0.493 e. The summed E-state index contributed by atoms with van der Waals surface area (Å²) in [6.07, 6.45) is 9.42. The Morgan fingerprint density at radius 1 is 0.847 bits per heavy atom. The van der Waals surface area contributed by atoms with Gasteiger partial charge in [0.05, 0.1) is 54.4 Å². The Hall–Kier alpha value is -9.28. The average Bonchev–Trinajstić information content (AvgIpc) is 4.18. The first kappa shape index (κ1) is 49.2. The largest absolute Gasteiger partial charge is 0.493 e. The fourth-order valence-electron chi connectivity index (χ4n) is 8.31. The van der Waals surface area contributed by atoms with E-state index in [4.69, 9.17) is 9.47 Å². The summed E-state index contributed by atoms with van der Waals surface area (Å²) >= 11 is 0. The lowest BCUT2D eigenvalue weighted by Crippen LogP contribution is -2.44. The van der Waals surface area contributed by atoms with Crippen LogP contribution in [0.25, 0.3) is 10.9 Å². The van der Waals surface area contributed by atoms with E-state index in [2.05, 4.69) is 48.5 Å². The van der Waals surface area contributed by atoms with Gasteiger partial charge < -0.3 is 60.0 Å². The molecule has 1 fully saturated rings. The van der Waals surface area contributed by atoms with Gasteiger partial charge in [0.15, 0.2) is 17.3 Å². The Labute approximate surface area is 411 Å². The van der Waals surface area contributed by atoms with Crippen LogP contribution in [0.15, 0.2) is 90.5 Å². The minimum atomic E-state index is -0.885. The van der Waals surface area contributed by atoms with Gasteiger partial charge in [0, 0.05) is 82.3 Å². The number of carbonyl (C=O) groups excluding carboxylic acids is 8. The molecular formula is C49H51N13O10. The number of imidazole rings is 1. The minimum absolute atomic E-state index is 0.00634. The maximum Gasteiger partial charge on any atom is 0.291 e. The van der Waals surface area contributed by atoms with E-state index in [1.807, 2.05) is 0 Å². The zero-order chi connectivity index (χ0) is 51.4. The van der Waals surface area contributed by atoms with Crippen molar-refractivity contribution < 1.29 is 47.8 Å². The number of benzene rings is 2. The zero-order valence-corrected chi connectivity index (χ0v) is 39.9. The van der Waals surface area contributed by atoms with Crippen LogP contribution in [0.1, 0.15) is 68.1 Å². The molecule has 0 bridgehead atoms. The van der Waals surface area contributed by atoms with Gasteiger partial charge in [0.2, 0.25) is 30.0 Å². The quantitative estimate of drug-likeness (QED) is 0.0410. The molecular weight excluding hydrogens is 931 g/mol. The predicted molar refractivity (Wildman–Crippen MR) is 265 cm³/mol. The Morgan fingerprint density at radius 2 is 1.58 bits per heavy atom. The predicted octanol–water partition coefficient (Wildman–Crippen LogP) is 3.73. The van der Waals surface area contributed by atoms with Crippen molar-refractivity contribution in [2.45, 2.75) is 38.3 Å². The van der Waals surface area contributed by atoms with E-state index < -0.39 is 29.7 Å². The molecule has 0 spiro atoms. The number of aromatic nitrogens is 5. The van der Waals surface area contributed by atoms with Crippen molar-refractivity contribution in [3.8, 4) is 11.5 Å². The molecule has 0 saturated carbocycles. The van der Waals surface area contributed by atoms with Gasteiger partial charge in [-0.15, -0.1) is 0 Å². The molecule has 7 amide bonds. The van der Waals surface area contributed by atoms with Gasteiger partial charge in [-0.3, -0.25) is 47.9 Å². The third kappa shape index (κ3) is 10.6. The first-order chi connectivity index (χ1) is 34.5. The van der Waals surface area contributed by atoms with E-state index in [-0.39, 0.29) is 66.4 Å². The maximum absolute atomic E-state index is 13.8. The van der Waals surface area contributed by atoms with E-state index in [0.29, 0.717) is 76.5 Å². The van der Waals surface area contributed by atoms with Crippen molar-refractivity contribution >= 4 is 93.4 Å². The van der Waals surface area contributed by atoms with Crippen LogP contribution in [0.5, 0.6) is 11.5 Å². The summed E-state index contributed by atoms with van der Waals surface area (Å²) in [5.41, 5.74) is 3.92. The van der Waals surface area contributed by atoms with Gasteiger partial charge in [-0.1, -0.05) is 12.2 Å². The maximum atomic E-state index is 13.8. The van der Waals surface area contributed by atoms with Crippen LogP contribution in [0.4, 0.5) is 28.6 Å². The van der Waals surface area contributed by atoms with Gasteiger partial charge >= 0.3 is 0 Å². The number of nitrogens with zero attached hydrogens (tertiary/aromatic N) is 7. The molecule has 23 heteroatoms. The number of nitrogens with one attached hydrogen (secondary N) is 6. The summed E-state index contributed by atoms with van der Waals surface area (Å²) in [6.45, 7) is 5.88. The summed E-state index contributed by atoms with van der Waals surface area (Å²) in [5.74, 6) is -2.13. The number of fused-ring (bicyclic) bond motifs is 3. The molecule has 72 heavy (non-hydrogen) atoms. The summed E-state index contributed by atoms with van der Waals surface area (Å²) in [6, 6.07) is 11.9. The van der Waals surface area contributed by atoms with Crippen LogP contribution in [-0.2, 0) is 40.3 Å². The molecule has 2 aliphatic heterocycles. The van der Waals surface area contributed by atoms with Crippen LogP contribution in [0.3, 0.4) is 0 Å². The lowest BCUT2D eigenvalue weighted by atomic mass is 10.1. The smallest absolute Gasteiger partial charge is 0.291 e. The molecule has 2 aromatic carbocycles. The van der Waals surface area contributed by atoms with Gasteiger partial charge in [0.25, 0.3) is 23.6 Å². The molecule has 372 valence electrons. The number of rotatable bonds is 18. The summed E-state index contributed by atoms with van der Waals surface area (Å²) in [5, 5.41) is 16.4. The summed E-state index contributed by atoms with van der Waals surface area (Å²) in [7, 11) is 6.38. The summed E-state index contributed by atoms with van der Waals surface area (Å²) < 4.78 is 17.5. The lowest BCUT2D eigenvalue weighted by Gasteiger charge is -2.20. The van der Waals surface area contributed by atoms with Crippen molar-refractivity contribution in [3.63, 3.8) is 0 Å². The van der Waals surface area contributed by atoms with Gasteiger partial charge in [-0.2, -0.15) is 0 Å². The van der Waals surface area contributed by atoms with Crippen LogP contribution in [-0.4, -0.2) is 121 Å². The molecule has 0 radical (unpaired) electrons. The molecule has 0 unspecified atom stereocenters. The molecule has 2 aliphatic rings.